The quantitative estimate of drug-likeness (QED) is 0.662. The van der Waals surface area contributed by atoms with Gasteiger partial charge in [-0.25, -0.2) is 4.79 Å². The van der Waals surface area contributed by atoms with Crippen LogP contribution in [0, 0.1) is 0 Å². The number of urea groups is 1. The van der Waals surface area contributed by atoms with E-state index < -0.39 is 0 Å². The Morgan fingerprint density at radius 1 is 0.880 bits per heavy atom. The summed E-state index contributed by atoms with van der Waals surface area (Å²) in [6.45, 7) is 0.347. The number of nitrogens with one attached hydrogen (secondary N) is 3. The van der Waals surface area contributed by atoms with E-state index in [9.17, 15) is 9.59 Å². The zero-order chi connectivity index (χ0) is 17.5. The molecule has 0 radical (unpaired) electrons. The number of para-hydroxylation sites is 1. The van der Waals surface area contributed by atoms with Crippen molar-refractivity contribution in [3.63, 3.8) is 0 Å². The summed E-state index contributed by atoms with van der Waals surface area (Å²) in [4.78, 5) is 23.9. The van der Waals surface area contributed by atoms with Gasteiger partial charge in [-0.3, -0.25) is 4.79 Å². The van der Waals surface area contributed by atoms with E-state index in [1.54, 1.807) is 30.3 Å². The maximum atomic E-state index is 12.0. The summed E-state index contributed by atoms with van der Waals surface area (Å²) in [6, 6.07) is 17.7. The number of hydrogen-bond acceptors (Lipinski definition) is 3. The molecular formula is C19H17N3O3. The molecule has 0 saturated heterocycles. The van der Waals surface area contributed by atoms with Gasteiger partial charge < -0.3 is 20.4 Å². The van der Waals surface area contributed by atoms with Crippen LogP contribution in [0.5, 0.6) is 0 Å². The third-order valence-corrected chi connectivity index (χ3v) is 3.45. The molecule has 1 aromatic heterocycles. The van der Waals surface area contributed by atoms with Gasteiger partial charge in [0.25, 0.3) is 5.91 Å². The lowest BCUT2D eigenvalue weighted by Gasteiger charge is -2.09. The fraction of sp³-hybridized carbons (Fsp3) is 0.0526. The van der Waals surface area contributed by atoms with Crippen molar-refractivity contribution < 1.29 is 14.0 Å². The smallest absolute Gasteiger partial charge is 0.323 e. The summed E-state index contributed by atoms with van der Waals surface area (Å²) in [5.41, 5.74) is 2.69. The molecule has 126 valence electrons. The summed E-state index contributed by atoms with van der Waals surface area (Å²) >= 11 is 0. The molecule has 0 atom stereocenters. The van der Waals surface area contributed by atoms with Gasteiger partial charge in [-0.2, -0.15) is 0 Å². The Morgan fingerprint density at radius 2 is 1.64 bits per heavy atom. The van der Waals surface area contributed by atoms with Gasteiger partial charge in [0, 0.05) is 17.9 Å². The molecule has 0 aliphatic carbocycles. The van der Waals surface area contributed by atoms with Crippen LogP contribution >= 0.6 is 0 Å². The van der Waals surface area contributed by atoms with E-state index in [-0.39, 0.29) is 11.9 Å². The molecule has 6 nitrogen and oxygen atoms in total. The number of carbonyl (C=O) groups excluding carboxylic acids is 2. The fourth-order valence-corrected chi connectivity index (χ4v) is 2.25. The van der Waals surface area contributed by atoms with E-state index in [0.717, 1.165) is 5.56 Å². The van der Waals surface area contributed by atoms with E-state index in [1.165, 1.54) is 12.5 Å². The van der Waals surface area contributed by atoms with Crippen LogP contribution in [0.1, 0.15) is 15.9 Å². The van der Waals surface area contributed by atoms with Crippen molar-refractivity contribution >= 4 is 23.3 Å². The summed E-state index contributed by atoms with van der Waals surface area (Å²) in [5.74, 6) is -0.214. The monoisotopic (exact) mass is 335 g/mol. The second kappa shape index (κ2) is 7.83. The van der Waals surface area contributed by atoms with Gasteiger partial charge in [-0.05, 0) is 35.9 Å². The van der Waals surface area contributed by atoms with Crippen molar-refractivity contribution in [2.75, 3.05) is 10.6 Å². The maximum Gasteiger partial charge on any atom is 0.323 e. The number of hydrogen-bond donors (Lipinski definition) is 3. The minimum absolute atomic E-state index is 0.214. The normalized spacial score (nSPS) is 10.1. The third-order valence-electron chi connectivity index (χ3n) is 3.45. The second-order valence-electron chi connectivity index (χ2n) is 5.34. The first kappa shape index (κ1) is 16.3. The fourth-order valence-electron chi connectivity index (χ4n) is 2.25. The predicted molar refractivity (Wildman–Crippen MR) is 95.4 cm³/mol. The van der Waals surface area contributed by atoms with Crippen molar-refractivity contribution in [3.8, 4) is 0 Å². The van der Waals surface area contributed by atoms with Crippen LogP contribution < -0.4 is 16.0 Å². The van der Waals surface area contributed by atoms with Crippen LogP contribution in [-0.4, -0.2) is 11.9 Å². The average Bonchev–Trinajstić information content (AvgIpc) is 3.15. The van der Waals surface area contributed by atoms with E-state index in [0.29, 0.717) is 23.5 Å². The van der Waals surface area contributed by atoms with Crippen molar-refractivity contribution in [2.45, 2.75) is 6.54 Å². The lowest BCUT2D eigenvalue weighted by molar-refractivity contribution is 0.0950. The largest absolute Gasteiger partial charge is 0.472 e. The number of benzene rings is 2. The van der Waals surface area contributed by atoms with Crippen molar-refractivity contribution in [1.82, 2.24) is 5.32 Å². The highest BCUT2D eigenvalue weighted by molar-refractivity contribution is 5.99. The molecule has 0 bridgehead atoms. The van der Waals surface area contributed by atoms with E-state index >= 15 is 0 Å². The second-order valence-corrected chi connectivity index (χ2v) is 5.34. The average molecular weight is 335 g/mol. The number of amides is 3. The standard InChI is InChI=1S/C19H17N3O3/c23-18(15-9-10-25-13-15)20-12-14-5-4-8-17(11-14)22-19(24)21-16-6-2-1-3-7-16/h1-11,13H,12H2,(H,20,23)(H2,21,22,24). The molecule has 6 heteroatoms. The maximum absolute atomic E-state index is 12.0. The molecule has 0 aliphatic heterocycles. The molecule has 3 N–H and O–H groups in total. The third kappa shape index (κ3) is 4.71. The topological polar surface area (TPSA) is 83.4 Å². The Labute approximate surface area is 144 Å². The molecule has 0 saturated carbocycles. The highest BCUT2D eigenvalue weighted by atomic mass is 16.3. The molecule has 0 aliphatic rings. The molecule has 0 spiro atoms. The molecule has 0 fully saturated rings. The summed E-state index contributed by atoms with van der Waals surface area (Å²) in [5, 5.41) is 8.31. The number of furan rings is 1. The van der Waals surface area contributed by atoms with Gasteiger partial charge in [0.15, 0.2) is 0 Å². The van der Waals surface area contributed by atoms with E-state index in [2.05, 4.69) is 16.0 Å². The van der Waals surface area contributed by atoms with Gasteiger partial charge in [0.05, 0.1) is 11.8 Å². The lowest BCUT2D eigenvalue weighted by Crippen LogP contribution is -2.22. The SMILES string of the molecule is O=C(Nc1ccccc1)Nc1cccc(CNC(=O)c2ccoc2)c1. The first-order chi connectivity index (χ1) is 12.2. The zero-order valence-electron chi connectivity index (χ0n) is 13.4. The van der Waals surface area contributed by atoms with Crippen molar-refractivity contribution in [1.29, 1.82) is 0 Å². The molecule has 0 unspecified atom stereocenters. The Hall–Kier alpha value is -3.54. The van der Waals surface area contributed by atoms with Crippen LogP contribution in [0.25, 0.3) is 0 Å². The molecule has 2 aromatic carbocycles. The van der Waals surface area contributed by atoms with Crippen LogP contribution in [0.15, 0.2) is 77.6 Å². The number of anilines is 2. The summed E-state index contributed by atoms with van der Waals surface area (Å²) < 4.78 is 4.88. The van der Waals surface area contributed by atoms with Crippen molar-refractivity contribution in [2.24, 2.45) is 0 Å². The summed E-state index contributed by atoms with van der Waals surface area (Å²) in [6.07, 6.45) is 2.84. The molecule has 25 heavy (non-hydrogen) atoms. The molecule has 3 amide bonds. The molecule has 3 rings (SSSR count). The molecule has 3 aromatic rings. The highest BCUT2D eigenvalue weighted by Crippen LogP contribution is 2.12. The molecule has 1 heterocycles. The highest BCUT2D eigenvalue weighted by Gasteiger charge is 2.07. The first-order valence-corrected chi connectivity index (χ1v) is 7.73. The van der Waals surface area contributed by atoms with E-state index in [1.807, 2.05) is 30.3 Å². The Kier molecular flexibility index (Phi) is 5.11. The number of carbonyl (C=O) groups is 2. The minimum atomic E-state index is -0.328. The van der Waals surface area contributed by atoms with Crippen LogP contribution in [0.4, 0.5) is 16.2 Å². The van der Waals surface area contributed by atoms with Gasteiger partial charge >= 0.3 is 6.03 Å². The number of rotatable bonds is 5. The Morgan fingerprint density at radius 3 is 2.40 bits per heavy atom. The first-order valence-electron chi connectivity index (χ1n) is 7.73. The summed E-state index contributed by atoms with van der Waals surface area (Å²) in [7, 11) is 0. The van der Waals surface area contributed by atoms with Gasteiger partial charge in [-0.1, -0.05) is 30.3 Å². The van der Waals surface area contributed by atoms with Gasteiger partial charge in [0.2, 0.25) is 0 Å². The van der Waals surface area contributed by atoms with Gasteiger partial charge in [0.1, 0.15) is 6.26 Å². The Bertz CT molecular complexity index is 845. The zero-order valence-corrected chi connectivity index (χ0v) is 13.4. The predicted octanol–water partition coefficient (Wildman–Crippen LogP) is 3.85. The van der Waals surface area contributed by atoms with Gasteiger partial charge in [-0.15, -0.1) is 0 Å². The lowest BCUT2D eigenvalue weighted by atomic mass is 10.2. The van der Waals surface area contributed by atoms with Crippen LogP contribution in [0.3, 0.4) is 0 Å². The Balaban J connectivity index is 1.56. The van der Waals surface area contributed by atoms with Crippen molar-refractivity contribution in [3.05, 3.63) is 84.3 Å². The van der Waals surface area contributed by atoms with E-state index in [4.69, 9.17) is 4.42 Å². The minimum Gasteiger partial charge on any atom is -0.472 e. The van der Waals surface area contributed by atoms with Crippen LogP contribution in [-0.2, 0) is 6.54 Å². The van der Waals surface area contributed by atoms with Crippen LogP contribution in [0.2, 0.25) is 0 Å². The molecular weight excluding hydrogens is 318 g/mol.